The SMILES string of the molecule is COCc1nnc2n1CCC(NC(=O)CCOc1ccccc1)CC2. The zero-order chi connectivity index (χ0) is 17.5. The predicted octanol–water partition coefficient (Wildman–Crippen LogP) is 1.71. The molecule has 3 rings (SSSR count). The van der Waals surface area contributed by atoms with E-state index in [-0.39, 0.29) is 11.9 Å². The molecule has 2 aromatic rings. The van der Waals surface area contributed by atoms with Crippen molar-refractivity contribution in [2.24, 2.45) is 0 Å². The standard InChI is InChI=1S/C18H24N4O3/c1-24-13-17-21-20-16-8-7-14(9-11-22(16)17)19-18(23)10-12-25-15-5-3-2-4-6-15/h2-6,14H,7-13H2,1H3,(H,19,23). The molecular weight excluding hydrogens is 320 g/mol. The van der Waals surface area contributed by atoms with E-state index < -0.39 is 0 Å². The topological polar surface area (TPSA) is 78.3 Å². The van der Waals surface area contributed by atoms with Crippen molar-refractivity contribution in [2.45, 2.75) is 44.9 Å². The van der Waals surface area contributed by atoms with Gasteiger partial charge in [0.1, 0.15) is 18.2 Å². The quantitative estimate of drug-likeness (QED) is 0.827. The third kappa shape index (κ3) is 4.79. The van der Waals surface area contributed by atoms with Gasteiger partial charge in [0.05, 0.1) is 13.0 Å². The van der Waals surface area contributed by atoms with Crippen molar-refractivity contribution in [3.05, 3.63) is 42.0 Å². The summed E-state index contributed by atoms with van der Waals surface area (Å²) in [7, 11) is 1.65. The van der Waals surface area contributed by atoms with Crippen LogP contribution in [0.25, 0.3) is 0 Å². The smallest absolute Gasteiger partial charge is 0.223 e. The van der Waals surface area contributed by atoms with Crippen molar-refractivity contribution < 1.29 is 14.3 Å². The van der Waals surface area contributed by atoms with Crippen molar-refractivity contribution >= 4 is 5.91 Å². The maximum atomic E-state index is 12.1. The number of benzene rings is 1. The Morgan fingerprint density at radius 1 is 1.28 bits per heavy atom. The lowest BCUT2D eigenvalue weighted by atomic mass is 10.1. The molecule has 134 valence electrons. The molecule has 1 aliphatic heterocycles. The summed E-state index contributed by atoms with van der Waals surface area (Å²) in [5.74, 6) is 2.63. The number of hydrogen-bond donors (Lipinski definition) is 1. The molecule has 1 N–H and O–H groups in total. The number of carbonyl (C=O) groups excluding carboxylic acids is 1. The summed E-state index contributed by atoms with van der Waals surface area (Å²) < 4.78 is 12.8. The Morgan fingerprint density at radius 3 is 2.92 bits per heavy atom. The summed E-state index contributed by atoms with van der Waals surface area (Å²) in [4.78, 5) is 12.1. The number of ether oxygens (including phenoxy) is 2. The van der Waals surface area contributed by atoms with Crippen molar-refractivity contribution in [3.8, 4) is 5.75 Å². The molecule has 2 heterocycles. The van der Waals surface area contributed by atoms with Crippen LogP contribution < -0.4 is 10.1 Å². The zero-order valence-corrected chi connectivity index (χ0v) is 14.5. The Bertz CT molecular complexity index is 687. The van der Waals surface area contributed by atoms with Crippen LogP contribution in [-0.4, -0.2) is 40.4 Å². The molecule has 0 spiro atoms. The van der Waals surface area contributed by atoms with Crippen LogP contribution in [0.4, 0.5) is 0 Å². The fourth-order valence-corrected chi connectivity index (χ4v) is 3.01. The van der Waals surface area contributed by atoms with E-state index in [2.05, 4.69) is 20.1 Å². The van der Waals surface area contributed by atoms with E-state index >= 15 is 0 Å². The monoisotopic (exact) mass is 344 g/mol. The molecule has 0 saturated heterocycles. The number of nitrogens with zero attached hydrogens (tertiary/aromatic N) is 3. The number of hydrogen-bond acceptors (Lipinski definition) is 5. The van der Waals surface area contributed by atoms with Gasteiger partial charge in [-0.15, -0.1) is 10.2 Å². The highest BCUT2D eigenvalue weighted by Crippen LogP contribution is 2.16. The van der Waals surface area contributed by atoms with E-state index in [9.17, 15) is 4.79 Å². The average Bonchev–Trinajstić information content (AvgIpc) is 2.89. The first-order chi connectivity index (χ1) is 12.3. The number of methoxy groups -OCH3 is 1. The Labute approximate surface area is 147 Å². The summed E-state index contributed by atoms with van der Waals surface area (Å²) in [5.41, 5.74) is 0. The van der Waals surface area contributed by atoms with Crippen molar-refractivity contribution in [1.82, 2.24) is 20.1 Å². The van der Waals surface area contributed by atoms with Gasteiger partial charge in [0.15, 0.2) is 5.82 Å². The Balaban J connectivity index is 1.43. The summed E-state index contributed by atoms with van der Waals surface area (Å²) in [5, 5.41) is 11.5. The minimum atomic E-state index is 0.0238. The second-order valence-electron chi connectivity index (χ2n) is 6.12. The third-order valence-corrected chi connectivity index (χ3v) is 4.30. The van der Waals surface area contributed by atoms with Gasteiger partial charge in [0, 0.05) is 26.1 Å². The summed E-state index contributed by atoms with van der Waals surface area (Å²) in [6.07, 6.45) is 2.90. The molecule has 0 aliphatic carbocycles. The average molecular weight is 344 g/mol. The molecule has 0 fully saturated rings. The molecule has 0 bridgehead atoms. The Morgan fingerprint density at radius 2 is 2.12 bits per heavy atom. The largest absolute Gasteiger partial charge is 0.493 e. The molecule has 0 radical (unpaired) electrons. The van der Waals surface area contributed by atoms with Crippen LogP contribution in [0.5, 0.6) is 5.75 Å². The number of aryl methyl sites for hydroxylation is 1. The van der Waals surface area contributed by atoms with E-state index in [1.807, 2.05) is 30.3 Å². The molecule has 1 amide bonds. The molecule has 1 aromatic heterocycles. The predicted molar refractivity (Wildman–Crippen MR) is 92.2 cm³/mol. The molecule has 25 heavy (non-hydrogen) atoms. The maximum absolute atomic E-state index is 12.1. The number of nitrogens with one attached hydrogen (secondary N) is 1. The van der Waals surface area contributed by atoms with Crippen molar-refractivity contribution in [2.75, 3.05) is 13.7 Å². The van der Waals surface area contributed by atoms with Crippen LogP contribution in [0, 0.1) is 0 Å². The zero-order valence-electron chi connectivity index (χ0n) is 14.5. The van der Waals surface area contributed by atoms with Crippen LogP contribution >= 0.6 is 0 Å². The molecule has 7 heteroatoms. The molecule has 0 saturated carbocycles. The number of aromatic nitrogens is 3. The van der Waals surface area contributed by atoms with Gasteiger partial charge >= 0.3 is 0 Å². The van der Waals surface area contributed by atoms with Crippen LogP contribution in [0.1, 0.15) is 30.9 Å². The minimum absolute atomic E-state index is 0.0238. The first-order valence-corrected chi connectivity index (χ1v) is 8.63. The lowest BCUT2D eigenvalue weighted by Gasteiger charge is -2.16. The second kappa shape index (κ2) is 8.62. The van der Waals surface area contributed by atoms with E-state index in [0.717, 1.165) is 43.2 Å². The van der Waals surface area contributed by atoms with Crippen LogP contribution in [-0.2, 0) is 29.1 Å². The van der Waals surface area contributed by atoms with Crippen LogP contribution in [0.15, 0.2) is 30.3 Å². The normalized spacial score (nSPS) is 16.8. The summed E-state index contributed by atoms with van der Waals surface area (Å²) >= 11 is 0. The minimum Gasteiger partial charge on any atom is -0.493 e. The van der Waals surface area contributed by atoms with E-state index in [4.69, 9.17) is 9.47 Å². The van der Waals surface area contributed by atoms with E-state index in [0.29, 0.717) is 19.6 Å². The van der Waals surface area contributed by atoms with E-state index in [1.54, 1.807) is 7.11 Å². The van der Waals surface area contributed by atoms with Gasteiger partial charge in [-0.2, -0.15) is 0 Å². The molecule has 1 atom stereocenters. The van der Waals surface area contributed by atoms with Crippen molar-refractivity contribution in [1.29, 1.82) is 0 Å². The van der Waals surface area contributed by atoms with Crippen LogP contribution in [0.3, 0.4) is 0 Å². The van der Waals surface area contributed by atoms with Gasteiger partial charge in [-0.05, 0) is 25.0 Å². The fraction of sp³-hybridized carbons (Fsp3) is 0.500. The van der Waals surface area contributed by atoms with Crippen LogP contribution in [0.2, 0.25) is 0 Å². The Hall–Kier alpha value is -2.41. The molecule has 1 aliphatic rings. The van der Waals surface area contributed by atoms with Gasteiger partial charge < -0.3 is 19.4 Å². The molecule has 1 aromatic carbocycles. The van der Waals surface area contributed by atoms with E-state index in [1.165, 1.54) is 0 Å². The molecule has 1 unspecified atom stereocenters. The molecule has 7 nitrogen and oxygen atoms in total. The number of amides is 1. The molecular formula is C18H24N4O3. The first-order valence-electron chi connectivity index (χ1n) is 8.63. The fourth-order valence-electron chi connectivity index (χ4n) is 3.01. The summed E-state index contributed by atoms with van der Waals surface area (Å²) in [6.45, 7) is 1.64. The third-order valence-electron chi connectivity index (χ3n) is 4.30. The number of carbonyl (C=O) groups is 1. The number of rotatable bonds is 7. The maximum Gasteiger partial charge on any atom is 0.223 e. The van der Waals surface area contributed by atoms with Gasteiger partial charge in [0.25, 0.3) is 0 Å². The van der Waals surface area contributed by atoms with Gasteiger partial charge in [0.2, 0.25) is 5.91 Å². The number of fused-ring (bicyclic) bond motifs is 1. The van der Waals surface area contributed by atoms with Gasteiger partial charge in [-0.25, -0.2) is 0 Å². The number of para-hydroxylation sites is 1. The highest BCUT2D eigenvalue weighted by molar-refractivity contribution is 5.76. The summed E-state index contributed by atoms with van der Waals surface area (Å²) in [6, 6.07) is 9.69. The Kier molecular flexibility index (Phi) is 6.00. The highest BCUT2D eigenvalue weighted by Gasteiger charge is 2.21. The second-order valence-corrected chi connectivity index (χ2v) is 6.12. The van der Waals surface area contributed by atoms with Gasteiger partial charge in [-0.1, -0.05) is 18.2 Å². The lowest BCUT2D eigenvalue weighted by Crippen LogP contribution is -2.35. The van der Waals surface area contributed by atoms with Gasteiger partial charge in [-0.3, -0.25) is 4.79 Å². The van der Waals surface area contributed by atoms with Crippen molar-refractivity contribution in [3.63, 3.8) is 0 Å². The highest BCUT2D eigenvalue weighted by atomic mass is 16.5. The lowest BCUT2D eigenvalue weighted by molar-refractivity contribution is -0.122. The first kappa shape index (κ1) is 17.4.